The van der Waals surface area contributed by atoms with E-state index in [-0.39, 0.29) is 5.56 Å². The molecular formula is C16H14Br2O5. The van der Waals surface area contributed by atoms with Crippen molar-refractivity contribution in [2.45, 2.75) is 0 Å². The zero-order valence-electron chi connectivity index (χ0n) is 12.7. The predicted molar refractivity (Wildman–Crippen MR) is 92.9 cm³/mol. The lowest BCUT2D eigenvalue weighted by Crippen LogP contribution is -2.11. The van der Waals surface area contributed by atoms with Crippen molar-refractivity contribution in [3.05, 3.63) is 44.8 Å². The van der Waals surface area contributed by atoms with E-state index in [1.54, 1.807) is 24.3 Å². The van der Waals surface area contributed by atoms with Gasteiger partial charge in [0.05, 0.1) is 25.8 Å². The van der Waals surface area contributed by atoms with Gasteiger partial charge in [-0.25, -0.2) is 4.79 Å². The lowest BCUT2D eigenvalue weighted by atomic mass is 10.1. The van der Waals surface area contributed by atoms with Crippen molar-refractivity contribution in [1.82, 2.24) is 0 Å². The summed E-state index contributed by atoms with van der Waals surface area (Å²) in [5, 5.41) is 0. The summed E-state index contributed by atoms with van der Waals surface area (Å²) < 4.78 is 22.6. The highest BCUT2D eigenvalue weighted by atomic mass is 79.9. The SMILES string of the molecule is COc1cc(OC)c(C(=O)Oc2ccc(Br)cc2Br)cc1OC. The molecule has 0 atom stereocenters. The van der Waals surface area contributed by atoms with Crippen LogP contribution in [0.3, 0.4) is 0 Å². The molecular weight excluding hydrogens is 432 g/mol. The van der Waals surface area contributed by atoms with Gasteiger partial charge in [-0.05, 0) is 34.1 Å². The first-order valence-corrected chi connectivity index (χ1v) is 8.06. The van der Waals surface area contributed by atoms with Gasteiger partial charge in [0.2, 0.25) is 0 Å². The van der Waals surface area contributed by atoms with Crippen LogP contribution in [-0.4, -0.2) is 27.3 Å². The van der Waals surface area contributed by atoms with Crippen LogP contribution in [-0.2, 0) is 0 Å². The Balaban J connectivity index is 2.38. The molecule has 0 unspecified atom stereocenters. The number of rotatable bonds is 5. The molecule has 0 aliphatic carbocycles. The zero-order valence-corrected chi connectivity index (χ0v) is 15.9. The molecule has 7 heteroatoms. The van der Waals surface area contributed by atoms with E-state index in [1.165, 1.54) is 27.4 Å². The molecule has 23 heavy (non-hydrogen) atoms. The Labute approximate surface area is 150 Å². The van der Waals surface area contributed by atoms with Gasteiger partial charge in [-0.3, -0.25) is 0 Å². The molecule has 0 bridgehead atoms. The number of benzene rings is 2. The fourth-order valence-corrected chi connectivity index (χ4v) is 3.03. The van der Waals surface area contributed by atoms with E-state index in [0.29, 0.717) is 27.5 Å². The Morgan fingerprint density at radius 3 is 2.00 bits per heavy atom. The lowest BCUT2D eigenvalue weighted by molar-refractivity contribution is 0.0729. The molecule has 0 aliphatic rings. The first-order valence-electron chi connectivity index (χ1n) is 6.47. The summed E-state index contributed by atoms with van der Waals surface area (Å²) in [5.74, 6) is 1.04. The minimum Gasteiger partial charge on any atom is -0.496 e. The summed E-state index contributed by atoms with van der Waals surface area (Å²) >= 11 is 6.70. The highest BCUT2D eigenvalue weighted by molar-refractivity contribution is 9.11. The average Bonchev–Trinajstić information content (AvgIpc) is 2.55. The summed E-state index contributed by atoms with van der Waals surface area (Å²) in [5.41, 5.74) is 0.236. The topological polar surface area (TPSA) is 54.0 Å². The highest BCUT2D eigenvalue weighted by Gasteiger charge is 2.20. The molecule has 0 saturated heterocycles. The van der Waals surface area contributed by atoms with Gasteiger partial charge >= 0.3 is 5.97 Å². The average molecular weight is 446 g/mol. The smallest absolute Gasteiger partial charge is 0.347 e. The number of halogens is 2. The number of ether oxygens (including phenoxy) is 4. The number of carbonyl (C=O) groups is 1. The van der Waals surface area contributed by atoms with E-state index in [4.69, 9.17) is 18.9 Å². The van der Waals surface area contributed by atoms with Gasteiger partial charge in [0.25, 0.3) is 0 Å². The second kappa shape index (κ2) is 7.70. The Morgan fingerprint density at radius 1 is 0.826 bits per heavy atom. The first-order chi connectivity index (χ1) is 11.0. The van der Waals surface area contributed by atoms with Crippen LogP contribution in [0.5, 0.6) is 23.0 Å². The first kappa shape index (κ1) is 17.6. The van der Waals surface area contributed by atoms with Crippen LogP contribution >= 0.6 is 31.9 Å². The molecule has 0 aromatic heterocycles. The third-order valence-corrected chi connectivity index (χ3v) is 4.14. The van der Waals surface area contributed by atoms with E-state index in [2.05, 4.69) is 31.9 Å². The second-order valence-corrected chi connectivity index (χ2v) is 6.14. The standard InChI is InChI=1S/C16H14Br2O5/c1-20-13-8-15(22-3)14(21-2)7-10(13)16(19)23-12-5-4-9(17)6-11(12)18/h4-8H,1-3H3. The molecule has 2 rings (SSSR count). The number of hydrogen-bond donors (Lipinski definition) is 0. The Morgan fingerprint density at radius 2 is 1.43 bits per heavy atom. The Hall–Kier alpha value is -1.73. The fourth-order valence-electron chi connectivity index (χ4n) is 1.90. The van der Waals surface area contributed by atoms with Gasteiger partial charge in [0.15, 0.2) is 11.5 Å². The van der Waals surface area contributed by atoms with Gasteiger partial charge < -0.3 is 18.9 Å². The molecule has 5 nitrogen and oxygen atoms in total. The van der Waals surface area contributed by atoms with Gasteiger partial charge in [-0.15, -0.1) is 0 Å². The summed E-state index contributed by atoms with van der Waals surface area (Å²) in [6, 6.07) is 8.34. The number of esters is 1. The van der Waals surface area contributed by atoms with Crippen molar-refractivity contribution < 1.29 is 23.7 Å². The minimum atomic E-state index is -0.564. The maximum absolute atomic E-state index is 12.5. The number of methoxy groups -OCH3 is 3. The summed E-state index contributed by atoms with van der Waals surface area (Å²) in [7, 11) is 4.46. The minimum absolute atomic E-state index is 0.236. The van der Waals surface area contributed by atoms with Gasteiger partial charge in [-0.1, -0.05) is 15.9 Å². The van der Waals surface area contributed by atoms with E-state index in [0.717, 1.165) is 4.47 Å². The monoisotopic (exact) mass is 444 g/mol. The number of carbonyl (C=O) groups excluding carboxylic acids is 1. The number of hydrogen-bond acceptors (Lipinski definition) is 5. The Kier molecular flexibility index (Phi) is 5.90. The van der Waals surface area contributed by atoms with Crippen molar-refractivity contribution in [2.24, 2.45) is 0 Å². The maximum atomic E-state index is 12.5. The maximum Gasteiger partial charge on any atom is 0.347 e. The van der Waals surface area contributed by atoms with Gasteiger partial charge in [-0.2, -0.15) is 0 Å². The molecule has 0 radical (unpaired) electrons. The summed E-state index contributed by atoms with van der Waals surface area (Å²) in [4.78, 5) is 12.5. The largest absolute Gasteiger partial charge is 0.496 e. The van der Waals surface area contributed by atoms with Crippen molar-refractivity contribution in [2.75, 3.05) is 21.3 Å². The van der Waals surface area contributed by atoms with Crippen LogP contribution in [0.15, 0.2) is 39.3 Å². The summed E-state index contributed by atoms with van der Waals surface area (Å²) in [6.45, 7) is 0. The van der Waals surface area contributed by atoms with Gasteiger partial charge in [0, 0.05) is 16.6 Å². The third kappa shape index (κ3) is 3.97. The molecule has 0 saturated carbocycles. The molecule has 0 spiro atoms. The van der Waals surface area contributed by atoms with Crippen LogP contribution in [0.2, 0.25) is 0 Å². The van der Waals surface area contributed by atoms with Crippen molar-refractivity contribution >= 4 is 37.8 Å². The van der Waals surface area contributed by atoms with E-state index < -0.39 is 5.97 Å². The normalized spacial score (nSPS) is 10.1. The van der Waals surface area contributed by atoms with Gasteiger partial charge in [0.1, 0.15) is 17.1 Å². The molecule has 0 heterocycles. The molecule has 2 aromatic rings. The quantitative estimate of drug-likeness (QED) is 0.502. The van der Waals surface area contributed by atoms with Crippen LogP contribution < -0.4 is 18.9 Å². The van der Waals surface area contributed by atoms with Crippen molar-refractivity contribution in [3.63, 3.8) is 0 Å². The van der Waals surface area contributed by atoms with E-state index >= 15 is 0 Å². The van der Waals surface area contributed by atoms with Crippen LogP contribution in [0, 0.1) is 0 Å². The van der Waals surface area contributed by atoms with Crippen molar-refractivity contribution in [3.8, 4) is 23.0 Å². The highest BCUT2D eigenvalue weighted by Crippen LogP contribution is 2.36. The fraction of sp³-hybridized carbons (Fsp3) is 0.188. The molecule has 0 fully saturated rings. The van der Waals surface area contributed by atoms with E-state index in [9.17, 15) is 4.79 Å². The molecule has 122 valence electrons. The molecule has 0 amide bonds. The van der Waals surface area contributed by atoms with Crippen molar-refractivity contribution in [1.29, 1.82) is 0 Å². The molecule has 0 aliphatic heterocycles. The predicted octanol–water partition coefficient (Wildman–Crippen LogP) is 4.46. The van der Waals surface area contributed by atoms with Crippen LogP contribution in [0.1, 0.15) is 10.4 Å². The van der Waals surface area contributed by atoms with Crippen LogP contribution in [0.25, 0.3) is 0 Å². The zero-order chi connectivity index (χ0) is 17.0. The van der Waals surface area contributed by atoms with E-state index in [1.807, 2.05) is 0 Å². The Bertz CT molecular complexity index is 731. The third-order valence-electron chi connectivity index (χ3n) is 3.02. The molecule has 0 N–H and O–H groups in total. The summed E-state index contributed by atoms with van der Waals surface area (Å²) in [6.07, 6.45) is 0. The second-order valence-electron chi connectivity index (χ2n) is 4.37. The molecule has 2 aromatic carbocycles. The lowest BCUT2D eigenvalue weighted by Gasteiger charge is -2.14. The van der Waals surface area contributed by atoms with Crippen LogP contribution in [0.4, 0.5) is 0 Å².